The molecule has 1 unspecified atom stereocenters. The summed E-state index contributed by atoms with van der Waals surface area (Å²) in [6.45, 7) is 3.23. The van der Waals surface area contributed by atoms with Crippen molar-refractivity contribution < 1.29 is 9.59 Å². The van der Waals surface area contributed by atoms with E-state index in [-0.39, 0.29) is 17.9 Å². The lowest BCUT2D eigenvalue weighted by Gasteiger charge is -2.23. The minimum atomic E-state index is -0.610. The Morgan fingerprint density at radius 2 is 2.21 bits per heavy atom. The molecule has 1 fully saturated rings. The number of aromatic nitrogens is 1. The summed E-state index contributed by atoms with van der Waals surface area (Å²) in [5.74, 6) is -0.0152. The molecule has 0 aliphatic carbocycles. The molecule has 1 aliphatic heterocycles. The number of aromatic amines is 1. The van der Waals surface area contributed by atoms with Gasteiger partial charge in [-0.1, -0.05) is 18.2 Å². The Morgan fingerprint density at radius 3 is 2.96 bits per heavy atom. The number of nitrogens with zero attached hydrogens (tertiary/aromatic N) is 1. The van der Waals surface area contributed by atoms with Gasteiger partial charge < -0.3 is 20.9 Å². The van der Waals surface area contributed by atoms with Crippen LogP contribution in [0.4, 0.5) is 0 Å². The predicted octanol–water partition coefficient (Wildman–Crippen LogP) is 1.16. The Kier molecular flexibility index (Phi) is 4.85. The molecule has 24 heavy (non-hydrogen) atoms. The van der Waals surface area contributed by atoms with E-state index < -0.39 is 6.04 Å². The van der Waals surface area contributed by atoms with Gasteiger partial charge in [-0.2, -0.15) is 0 Å². The molecule has 2 aromatic rings. The standard InChI is InChI=1S/C18H24N4O2/c1-12(11-22-8-4-7-17(22)23)21-18(24)15(19)9-13-10-20-16-6-3-2-5-14(13)16/h2-3,5-6,10,12,15,20H,4,7-9,11,19H2,1H3,(H,21,24)/t12?,15-/m0/s1. The minimum absolute atomic E-state index is 0.103. The maximum atomic E-state index is 12.3. The average molecular weight is 328 g/mol. The largest absolute Gasteiger partial charge is 0.361 e. The molecule has 128 valence electrons. The molecule has 1 aliphatic rings. The SMILES string of the molecule is CC(CN1CCCC1=O)NC(=O)[C@@H](N)Cc1c[nH]c2ccccc12. The summed E-state index contributed by atoms with van der Waals surface area (Å²) >= 11 is 0. The number of carbonyl (C=O) groups excluding carboxylic acids is 2. The fourth-order valence-corrected chi connectivity index (χ4v) is 3.25. The van der Waals surface area contributed by atoms with E-state index in [0.717, 1.165) is 29.4 Å². The number of nitrogens with two attached hydrogens (primary N) is 1. The molecule has 1 aromatic carbocycles. The summed E-state index contributed by atoms with van der Waals surface area (Å²) in [4.78, 5) is 29.0. The third-order valence-corrected chi connectivity index (χ3v) is 4.51. The number of hydrogen-bond donors (Lipinski definition) is 3. The molecule has 6 nitrogen and oxygen atoms in total. The number of nitrogens with one attached hydrogen (secondary N) is 2. The Balaban J connectivity index is 1.55. The van der Waals surface area contributed by atoms with Gasteiger partial charge in [0, 0.05) is 42.7 Å². The summed E-state index contributed by atoms with van der Waals surface area (Å²) < 4.78 is 0. The summed E-state index contributed by atoms with van der Waals surface area (Å²) in [6, 6.07) is 7.25. The van der Waals surface area contributed by atoms with Gasteiger partial charge in [-0.15, -0.1) is 0 Å². The van der Waals surface area contributed by atoms with Crippen LogP contribution in [-0.2, 0) is 16.0 Å². The molecule has 0 bridgehead atoms. The molecule has 6 heteroatoms. The molecular weight excluding hydrogens is 304 g/mol. The third-order valence-electron chi connectivity index (χ3n) is 4.51. The summed E-state index contributed by atoms with van der Waals surface area (Å²) in [6.07, 6.45) is 3.90. The number of H-pyrrole nitrogens is 1. The van der Waals surface area contributed by atoms with Gasteiger partial charge in [0.25, 0.3) is 0 Å². The van der Waals surface area contributed by atoms with Gasteiger partial charge >= 0.3 is 0 Å². The number of rotatable bonds is 6. The van der Waals surface area contributed by atoms with E-state index >= 15 is 0 Å². The van der Waals surface area contributed by atoms with Gasteiger partial charge in [-0.3, -0.25) is 9.59 Å². The lowest BCUT2D eigenvalue weighted by atomic mass is 10.0. The smallest absolute Gasteiger partial charge is 0.237 e. The van der Waals surface area contributed by atoms with Gasteiger partial charge in [0.15, 0.2) is 0 Å². The Morgan fingerprint density at radius 1 is 1.42 bits per heavy atom. The highest BCUT2D eigenvalue weighted by Crippen LogP contribution is 2.18. The summed E-state index contributed by atoms with van der Waals surface area (Å²) in [5, 5.41) is 4.01. The monoisotopic (exact) mass is 328 g/mol. The first kappa shape index (κ1) is 16.5. The minimum Gasteiger partial charge on any atom is -0.361 e. The molecule has 2 heterocycles. The van der Waals surface area contributed by atoms with Crippen molar-refractivity contribution in [2.45, 2.75) is 38.3 Å². The van der Waals surface area contributed by atoms with Gasteiger partial charge in [0.1, 0.15) is 0 Å². The second-order valence-corrected chi connectivity index (χ2v) is 6.52. The van der Waals surface area contributed by atoms with Crippen LogP contribution >= 0.6 is 0 Å². The first-order valence-corrected chi connectivity index (χ1v) is 8.43. The molecule has 0 radical (unpaired) electrons. The van der Waals surface area contributed by atoms with Gasteiger partial charge in [0.05, 0.1) is 6.04 Å². The molecule has 4 N–H and O–H groups in total. The Labute approximate surface area is 141 Å². The van der Waals surface area contributed by atoms with Crippen LogP contribution in [-0.4, -0.2) is 46.9 Å². The number of fused-ring (bicyclic) bond motifs is 1. The van der Waals surface area contributed by atoms with Crippen molar-refractivity contribution in [2.24, 2.45) is 5.73 Å². The highest BCUT2D eigenvalue weighted by molar-refractivity contribution is 5.86. The summed E-state index contributed by atoms with van der Waals surface area (Å²) in [7, 11) is 0. The second-order valence-electron chi connectivity index (χ2n) is 6.52. The van der Waals surface area contributed by atoms with Crippen molar-refractivity contribution in [3.05, 3.63) is 36.0 Å². The normalized spacial score (nSPS) is 17.2. The highest BCUT2D eigenvalue weighted by atomic mass is 16.2. The lowest BCUT2D eigenvalue weighted by molar-refractivity contribution is -0.129. The average Bonchev–Trinajstić information content (AvgIpc) is 3.14. The van der Waals surface area contributed by atoms with Crippen molar-refractivity contribution in [1.29, 1.82) is 0 Å². The van der Waals surface area contributed by atoms with Gasteiger partial charge in [0.2, 0.25) is 11.8 Å². The molecular formula is C18H24N4O2. The van der Waals surface area contributed by atoms with Crippen LogP contribution in [0, 0.1) is 0 Å². The molecule has 0 saturated carbocycles. The fraction of sp³-hybridized carbons (Fsp3) is 0.444. The molecule has 3 rings (SSSR count). The lowest BCUT2D eigenvalue weighted by Crippen LogP contribution is -2.49. The van der Waals surface area contributed by atoms with E-state index in [9.17, 15) is 9.59 Å². The van der Waals surface area contributed by atoms with Crippen LogP contribution in [0.25, 0.3) is 10.9 Å². The fourth-order valence-electron chi connectivity index (χ4n) is 3.25. The number of amides is 2. The van der Waals surface area contributed by atoms with Crippen LogP contribution < -0.4 is 11.1 Å². The van der Waals surface area contributed by atoms with E-state index in [1.54, 1.807) is 4.90 Å². The Bertz CT molecular complexity index is 739. The summed E-state index contributed by atoms with van der Waals surface area (Å²) in [5.41, 5.74) is 8.16. The van der Waals surface area contributed by atoms with E-state index in [4.69, 9.17) is 5.73 Å². The van der Waals surface area contributed by atoms with Crippen molar-refractivity contribution in [3.8, 4) is 0 Å². The molecule has 0 spiro atoms. The first-order valence-electron chi connectivity index (χ1n) is 8.43. The topological polar surface area (TPSA) is 91.2 Å². The van der Waals surface area contributed by atoms with Crippen LogP contribution in [0.1, 0.15) is 25.3 Å². The van der Waals surface area contributed by atoms with E-state index in [0.29, 0.717) is 19.4 Å². The maximum absolute atomic E-state index is 12.3. The number of para-hydroxylation sites is 1. The molecule has 1 aromatic heterocycles. The number of hydrogen-bond acceptors (Lipinski definition) is 3. The van der Waals surface area contributed by atoms with Crippen molar-refractivity contribution in [1.82, 2.24) is 15.2 Å². The number of carbonyl (C=O) groups is 2. The van der Waals surface area contributed by atoms with Gasteiger partial charge in [-0.25, -0.2) is 0 Å². The van der Waals surface area contributed by atoms with Crippen LogP contribution in [0.3, 0.4) is 0 Å². The molecule has 2 atom stereocenters. The molecule has 2 amide bonds. The number of likely N-dealkylation sites (tertiary alicyclic amines) is 1. The zero-order valence-electron chi connectivity index (χ0n) is 13.9. The zero-order valence-corrected chi connectivity index (χ0v) is 13.9. The predicted molar refractivity (Wildman–Crippen MR) is 93.4 cm³/mol. The van der Waals surface area contributed by atoms with E-state index in [2.05, 4.69) is 10.3 Å². The van der Waals surface area contributed by atoms with Crippen molar-refractivity contribution >= 4 is 22.7 Å². The first-order chi connectivity index (χ1) is 11.5. The second kappa shape index (κ2) is 7.05. The number of benzene rings is 1. The molecule has 1 saturated heterocycles. The Hall–Kier alpha value is -2.34. The van der Waals surface area contributed by atoms with Crippen LogP contribution in [0.5, 0.6) is 0 Å². The maximum Gasteiger partial charge on any atom is 0.237 e. The van der Waals surface area contributed by atoms with Crippen molar-refractivity contribution in [3.63, 3.8) is 0 Å². The zero-order chi connectivity index (χ0) is 17.1. The quantitative estimate of drug-likeness (QED) is 0.743. The van der Waals surface area contributed by atoms with Crippen molar-refractivity contribution in [2.75, 3.05) is 13.1 Å². The highest BCUT2D eigenvalue weighted by Gasteiger charge is 2.24. The van der Waals surface area contributed by atoms with Gasteiger partial charge in [-0.05, 0) is 31.4 Å². The van der Waals surface area contributed by atoms with E-state index in [1.165, 1.54) is 0 Å². The third kappa shape index (κ3) is 3.59. The van der Waals surface area contributed by atoms with Crippen LogP contribution in [0.15, 0.2) is 30.5 Å². The van der Waals surface area contributed by atoms with Crippen LogP contribution in [0.2, 0.25) is 0 Å². The van der Waals surface area contributed by atoms with E-state index in [1.807, 2.05) is 37.4 Å².